The second kappa shape index (κ2) is 10.1. The number of ketones is 1. The van der Waals surface area contributed by atoms with Crippen molar-refractivity contribution in [2.75, 3.05) is 28.4 Å². The number of Topliss-reactive ketones (excluding diaryl/α,β-unsaturated/α-hetero) is 1. The molecule has 1 aromatic heterocycles. The molecule has 4 aromatic rings. The predicted octanol–water partition coefficient (Wildman–Crippen LogP) is 4.62. The number of carbonyl (C=O) groups is 2. The van der Waals surface area contributed by atoms with Crippen LogP contribution in [0.2, 0.25) is 0 Å². The van der Waals surface area contributed by atoms with Crippen LogP contribution in [0.5, 0.6) is 34.5 Å². The first-order valence-corrected chi connectivity index (χ1v) is 12.7. The zero-order valence-electron chi connectivity index (χ0n) is 22.7. The molecule has 0 saturated carbocycles. The fraction of sp³-hybridized carbons (Fsp3) is 0.194. The summed E-state index contributed by atoms with van der Waals surface area (Å²) in [5.41, 5.74) is 1.87. The number of fused-ring (bicyclic) bond motifs is 4. The number of allylic oxidation sites excluding steroid dienone is 1. The minimum Gasteiger partial charge on any atom is -0.497 e. The number of hydrogen-bond acceptors (Lipinski definition) is 9. The summed E-state index contributed by atoms with van der Waals surface area (Å²) in [5, 5.41) is 0.727. The number of hydrogen-bond donors (Lipinski definition) is 1. The van der Waals surface area contributed by atoms with E-state index in [1.54, 1.807) is 61.7 Å². The van der Waals surface area contributed by atoms with Crippen LogP contribution in [-0.2, 0) is 4.79 Å². The maximum Gasteiger partial charge on any atom is 0.312 e. The first kappa shape index (κ1) is 26.0. The summed E-state index contributed by atoms with van der Waals surface area (Å²) < 4.78 is 33.3. The summed E-state index contributed by atoms with van der Waals surface area (Å²) in [6.07, 6.45) is 1.44. The van der Waals surface area contributed by atoms with Crippen molar-refractivity contribution in [1.29, 1.82) is 0 Å². The van der Waals surface area contributed by atoms with Gasteiger partial charge in [0, 0.05) is 39.6 Å². The van der Waals surface area contributed by atoms with Gasteiger partial charge < -0.3 is 33.4 Å². The molecule has 3 heterocycles. The van der Waals surface area contributed by atoms with E-state index in [0.717, 1.165) is 5.39 Å². The first-order chi connectivity index (χ1) is 19.8. The van der Waals surface area contributed by atoms with Crippen molar-refractivity contribution < 1.29 is 38.0 Å². The Morgan fingerprint density at radius 3 is 2.32 bits per heavy atom. The minimum atomic E-state index is -0.719. The van der Waals surface area contributed by atoms with Crippen LogP contribution in [-0.4, -0.2) is 45.2 Å². The van der Waals surface area contributed by atoms with E-state index in [2.05, 4.69) is 4.98 Å². The molecule has 0 spiro atoms. The van der Waals surface area contributed by atoms with Gasteiger partial charge in [-0.1, -0.05) is 0 Å². The van der Waals surface area contributed by atoms with Crippen LogP contribution in [0.1, 0.15) is 39.4 Å². The summed E-state index contributed by atoms with van der Waals surface area (Å²) in [7, 11) is 6.08. The standard InChI is InChI=1S/C31H25NO9/c1-36-17-5-7-21-15(9-17)10-20(31(35)32-21)19-13-27(33)40-22-8-6-18-29(34)26(41-30(18)28(19)22)12-16-11-24(38-3)25(39-4)14-23(16)37-2/h5-12,14,19H,13H2,1-4H3,(H,32,35)/b26-12+/t19-/m0/s1. The molecule has 0 amide bonds. The van der Waals surface area contributed by atoms with E-state index >= 15 is 0 Å². The summed E-state index contributed by atoms with van der Waals surface area (Å²) in [6.45, 7) is 0. The molecule has 0 unspecified atom stereocenters. The predicted molar refractivity (Wildman–Crippen MR) is 149 cm³/mol. The molecule has 2 aliphatic rings. The summed E-state index contributed by atoms with van der Waals surface area (Å²) in [6, 6.07) is 13.4. The van der Waals surface area contributed by atoms with Crippen molar-refractivity contribution in [1.82, 2.24) is 4.98 Å². The fourth-order valence-electron chi connectivity index (χ4n) is 5.27. The molecule has 0 saturated heterocycles. The van der Waals surface area contributed by atoms with Crippen molar-refractivity contribution in [3.8, 4) is 34.5 Å². The quantitative estimate of drug-likeness (QED) is 0.206. The van der Waals surface area contributed by atoms with Gasteiger partial charge in [0.2, 0.25) is 5.78 Å². The third-order valence-corrected chi connectivity index (χ3v) is 7.26. The molecule has 6 rings (SSSR count). The fourth-order valence-corrected chi connectivity index (χ4v) is 5.27. The number of methoxy groups -OCH3 is 4. The molecule has 10 nitrogen and oxygen atoms in total. The van der Waals surface area contributed by atoms with Gasteiger partial charge in [0.25, 0.3) is 5.56 Å². The lowest BCUT2D eigenvalue weighted by molar-refractivity contribution is -0.135. The van der Waals surface area contributed by atoms with Crippen LogP contribution in [0, 0.1) is 0 Å². The SMILES string of the molecule is COc1ccc2[nH]c(=O)c([C@@H]3CC(=O)Oc4ccc5c(c43)O/C(=C/c3cc(OC)c(OC)cc3OC)C5=O)cc2c1. The highest BCUT2D eigenvalue weighted by atomic mass is 16.5. The van der Waals surface area contributed by atoms with Crippen LogP contribution in [0.3, 0.4) is 0 Å². The maximum atomic E-state index is 13.5. The number of nitrogens with one attached hydrogen (secondary N) is 1. The second-order valence-corrected chi connectivity index (χ2v) is 9.48. The Morgan fingerprint density at radius 1 is 0.829 bits per heavy atom. The monoisotopic (exact) mass is 555 g/mol. The van der Waals surface area contributed by atoms with Crippen LogP contribution >= 0.6 is 0 Å². The molecular weight excluding hydrogens is 530 g/mol. The molecule has 0 bridgehead atoms. The molecule has 3 aromatic carbocycles. The van der Waals surface area contributed by atoms with E-state index in [1.807, 2.05) is 0 Å². The smallest absolute Gasteiger partial charge is 0.312 e. The number of benzene rings is 3. The largest absolute Gasteiger partial charge is 0.497 e. The van der Waals surface area contributed by atoms with Crippen LogP contribution in [0.15, 0.2) is 59.1 Å². The van der Waals surface area contributed by atoms with Crippen molar-refractivity contribution in [3.05, 3.63) is 86.9 Å². The lowest BCUT2D eigenvalue weighted by atomic mass is 9.85. The molecule has 0 fully saturated rings. The number of carbonyl (C=O) groups excluding carboxylic acids is 2. The Morgan fingerprint density at radius 2 is 1.59 bits per heavy atom. The maximum absolute atomic E-state index is 13.5. The average molecular weight is 556 g/mol. The molecule has 208 valence electrons. The van der Waals surface area contributed by atoms with E-state index in [-0.39, 0.29) is 40.6 Å². The Kier molecular flexibility index (Phi) is 6.37. The summed E-state index contributed by atoms with van der Waals surface area (Å²) in [5.74, 6) is 0.882. The van der Waals surface area contributed by atoms with Gasteiger partial charge in [-0.3, -0.25) is 14.4 Å². The van der Waals surface area contributed by atoms with Crippen molar-refractivity contribution in [3.63, 3.8) is 0 Å². The van der Waals surface area contributed by atoms with E-state index in [4.69, 9.17) is 28.4 Å². The number of aromatic amines is 1. The molecular formula is C31H25NO9. The molecule has 41 heavy (non-hydrogen) atoms. The zero-order chi connectivity index (χ0) is 28.8. The Labute approximate surface area is 234 Å². The van der Waals surface area contributed by atoms with Gasteiger partial charge in [0.05, 0.1) is 40.4 Å². The van der Waals surface area contributed by atoms with Crippen LogP contribution in [0.25, 0.3) is 17.0 Å². The molecule has 2 aliphatic heterocycles. The van der Waals surface area contributed by atoms with E-state index < -0.39 is 11.9 Å². The third kappa shape index (κ3) is 4.33. The van der Waals surface area contributed by atoms with E-state index in [1.165, 1.54) is 21.3 Å². The highest BCUT2D eigenvalue weighted by Gasteiger charge is 2.39. The van der Waals surface area contributed by atoms with Gasteiger partial charge in [-0.05, 0) is 48.5 Å². The molecule has 10 heteroatoms. The molecule has 0 radical (unpaired) electrons. The third-order valence-electron chi connectivity index (χ3n) is 7.26. The average Bonchev–Trinajstić information content (AvgIpc) is 3.30. The number of H-pyrrole nitrogens is 1. The van der Waals surface area contributed by atoms with E-state index in [0.29, 0.717) is 45.2 Å². The number of esters is 1. The summed E-state index contributed by atoms with van der Waals surface area (Å²) >= 11 is 0. The van der Waals surface area contributed by atoms with Crippen molar-refractivity contribution >= 4 is 28.7 Å². The van der Waals surface area contributed by atoms with Gasteiger partial charge in [-0.2, -0.15) is 0 Å². The highest BCUT2D eigenvalue weighted by molar-refractivity contribution is 6.15. The lowest BCUT2D eigenvalue weighted by Crippen LogP contribution is -2.26. The molecule has 1 atom stereocenters. The van der Waals surface area contributed by atoms with Crippen LogP contribution in [0.4, 0.5) is 0 Å². The number of ether oxygens (including phenoxy) is 6. The minimum absolute atomic E-state index is 0.0340. The number of pyridine rings is 1. The number of aromatic nitrogens is 1. The van der Waals surface area contributed by atoms with Gasteiger partial charge in [-0.25, -0.2) is 0 Å². The Balaban J connectivity index is 1.48. The Bertz CT molecular complexity index is 1840. The Hall–Kier alpha value is -5.25. The van der Waals surface area contributed by atoms with Gasteiger partial charge in [-0.15, -0.1) is 0 Å². The van der Waals surface area contributed by atoms with Crippen molar-refractivity contribution in [2.24, 2.45) is 0 Å². The van der Waals surface area contributed by atoms with Gasteiger partial charge in [0.1, 0.15) is 23.0 Å². The van der Waals surface area contributed by atoms with E-state index in [9.17, 15) is 14.4 Å². The van der Waals surface area contributed by atoms with Crippen LogP contribution < -0.4 is 34.0 Å². The van der Waals surface area contributed by atoms with Gasteiger partial charge >= 0.3 is 5.97 Å². The first-order valence-electron chi connectivity index (χ1n) is 12.7. The van der Waals surface area contributed by atoms with Gasteiger partial charge in [0.15, 0.2) is 17.3 Å². The number of rotatable bonds is 6. The van der Waals surface area contributed by atoms with Crippen molar-refractivity contribution in [2.45, 2.75) is 12.3 Å². The lowest BCUT2D eigenvalue weighted by Gasteiger charge is -2.26. The summed E-state index contributed by atoms with van der Waals surface area (Å²) in [4.78, 5) is 42.3. The normalized spacial score (nSPS) is 16.6. The second-order valence-electron chi connectivity index (χ2n) is 9.48. The molecule has 1 N–H and O–H groups in total. The topological polar surface area (TPSA) is 122 Å². The molecule has 0 aliphatic carbocycles. The zero-order valence-corrected chi connectivity index (χ0v) is 22.7. The highest BCUT2D eigenvalue weighted by Crippen LogP contribution is 2.49.